The van der Waals surface area contributed by atoms with Gasteiger partial charge in [0, 0.05) is 17.9 Å². The first kappa shape index (κ1) is 8.74. The van der Waals surface area contributed by atoms with Gasteiger partial charge in [0.2, 0.25) is 0 Å². The molecule has 14 heavy (non-hydrogen) atoms. The molecule has 0 spiro atoms. The highest BCUT2D eigenvalue weighted by Crippen LogP contribution is 2.20. The van der Waals surface area contributed by atoms with E-state index in [4.69, 9.17) is 4.52 Å². The van der Waals surface area contributed by atoms with Crippen LogP contribution >= 0.6 is 0 Å². The highest BCUT2D eigenvalue weighted by atomic mass is 16.5. The molecular formula is C10H11N3O. The number of nitrogens with one attached hydrogen (secondary N) is 1. The zero-order chi connectivity index (χ0) is 9.97. The summed E-state index contributed by atoms with van der Waals surface area (Å²) >= 11 is 0. The molecule has 1 aromatic heterocycles. The van der Waals surface area contributed by atoms with Crippen LogP contribution in [0.3, 0.4) is 0 Å². The molecule has 0 saturated carbocycles. The maximum absolute atomic E-state index is 4.85. The summed E-state index contributed by atoms with van der Waals surface area (Å²) in [6.07, 6.45) is 0. The molecule has 72 valence electrons. The Hall–Kier alpha value is -1.84. The van der Waals surface area contributed by atoms with E-state index in [0.717, 1.165) is 11.3 Å². The monoisotopic (exact) mass is 189 g/mol. The molecule has 0 radical (unpaired) electrons. The number of benzene rings is 1. The van der Waals surface area contributed by atoms with Crippen molar-refractivity contribution in [1.82, 2.24) is 10.4 Å². The van der Waals surface area contributed by atoms with Gasteiger partial charge in [-0.05, 0) is 18.6 Å². The summed E-state index contributed by atoms with van der Waals surface area (Å²) in [4.78, 5) is 0. The number of aryl methyl sites for hydroxylation is 2. The minimum atomic E-state index is 0.666. The maximum Gasteiger partial charge on any atom is 0.197 e. The molecule has 0 bridgehead atoms. The van der Waals surface area contributed by atoms with Gasteiger partial charge in [0.25, 0.3) is 0 Å². The molecule has 0 unspecified atom stereocenters. The minimum absolute atomic E-state index is 0.666. The third kappa shape index (κ3) is 1.59. The Morgan fingerprint density at radius 1 is 1.21 bits per heavy atom. The summed E-state index contributed by atoms with van der Waals surface area (Å²) in [6.45, 7) is 3.85. The Balaban J connectivity index is 2.28. The van der Waals surface area contributed by atoms with Gasteiger partial charge in [-0.2, -0.15) is 0 Å². The third-order valence-electron chi connectivity index (χ3n) is 2.05. The predicted octanol–water partition coefficient (Wildman–Crippen LogP) is 2.43. The van der Waals surface area contributed by atoms with Crippen LogP contribution in [0.15, 0.2) is 28.8 Å². The van der Waals surface area contributed by atoms with E-state index in [-0.39, 0.29) is 0 Å². The zero-order valence-electron chi connectivity index (χ0n) is 8.11. The molecule has 0 aliphatic rings. The van der Waals surface area contributed by atoms with E-state index in [0.29, 0.717) is 11.6 Å². The van der Waals surface area contributed by atoms with Crippen molar-refractivity contribution in [1.29, 1.82) is 0 Å². The van der Waals surface area contributed by atoms with Gasteiger partial charge >= 0.3 is 0 Å². The highest BCUT2D eigenvalue weighted by molar-refractivity contribution is 5.60. The average molecular weight is 189 g/mol. The number of nitrogens with zero attached hydrogens (tertiary/aromatic N) is 2. The molecule has 0 amide bonds. The standard InChI is InChI=1S/C10H11N3O/c1-7-5-3-4-6-9(7)11-10-8(2)14-13-12-10/h3-6,11H,1-2H3. The van der Waals surface area contributed by atoms with Gasteiger partial charge in [-0.25, -0.2) is 0 Å². The summed E-state index contributed by atoms with van der Waals surface area (Å²) in [5.41, 5.74) is 2.18. The average Bonchev–Trinajstić information content (AvgIpc) is 2.56. The summed E-state index contributed by atoms with van der Waals surface area (Å²) in [5, 5.41) is 10.4. The number of anilines is 2. The first-order chi connectivity index (χ1) is 6.77. The highest BCUT2D eigenvalue weighted by Gasteiger charge is 2.05. The Bertz CT molecular complexity index is 436. The molecule has 2 aromatic rings. The van der Waals surface area contributed by atoms with Crippen molar-refractivity contribution in [3.8, 4) is 0 Å². The molecule has 4 heteroatoms. The lowest BCUT2D eigenvalue weighted by Crippen LogP contribution is -1.94. The molecule has 4 nitrogen and oxygen atoms in total. The SMILES string of the molecule is Cc1ccccc1Nc1nnoc1C. The van der Waals surface area contributed by atoms with Crippen LogP contribution in [0.25, 0.3) is 0 Å². The predicted molar refractivity (Wildman–Crippen MR) is 53.5 cm³/mol. The fourth-order valence-corrected chi connectivity index (χ4v) is 1.19. The van der Waals surface area contributed by atoms with Gasteiger partial charge in [0.05, 0.1) is 0 Å². The first-order valence-electron chi connectivity index (χ1n) is 4.39. The van der Waals surface area contributed by atoms with Gasteiger partial charge in [0.15, 0.2) is 11.6 Å². The Labute approximate surface area is 81.9 Å². The largest absolute Gasteiger partial charge is 0.340 e. The third-order valence-corrected chi connectivity index (χ3v) is 2.05. The number of aromatic nitrogens is 2. The maximum atomic E-state index is 4.85. The van der Waals surface area contributed by atoms with Crippen molar-refractivity contribution in [2.24, 2.45) is 0 Å². The second-order valence-corrected chi connectivity index (χ2v) is 3.12. The van der Waals surface area contributed by atoms with Crippen molar-refractivity contribution in [2.45, 2.75) is 13.8 Å². The number of hydrogen-bond donors (Lipinski definition) is 1. The van der Waals surface area contributed by atoms with E-state index in [9.17, 15) is 0 Å². The van der Waals surface area contributed by atoms with Crippen LogP contribution < -0.4 is 5.32 Å². The Morgan fingerprint density at radius 2 is 2.00 bits per heavy atom. The van der Waals surface area contributed by atoms with Gasteiger partial charge in [-0.3, -0.25) is 0 Å². The van der Waals surface area contributed by atoms with E-state index in [2.05, 4.69) is 15.7 Å². The number of rotatable bonds is 2. The van der Waals surface area contributed by atoms with E-state index < -0.39 is 0 Å². The van der Waals surface area contributed by atoms with Gasteiger partial charge in [-0.15, -0.1) is 0 Å². The van der Waals surface area contributed by atoms with Crippen LogP contribution in [0.5, 0.6) is 0 Å². The summed E-state index contributed by atoms with van der Waals surface area (Å²) < 4.78 is 4.85. The fourth-order valence-electron chi connectivity index (χ4n) is 1.19. The lowest BCUT2D eigenvalue weighted by molar-refractivity contribution is 0.374. The Kier molecular flexibility index (Phi) is 2.18. The van der Waals surface area contributed by atoms with Crippen LogP contribution in [0.1, 0.15) is 11.3 Å². The van der Waals surface area contributed by atoms with Crippen molar-refractivity contribution < 1.29 is 4.52 Å². The second-order valence-electron chi connectivity index (χ2n) is 3.12. The van der Waals surface area contributed by atoms with Gasteiger partial charge < -0.3 is 9.84 Å². The van der Waals surface area contributed by atoms with Gasteiger partial charge in [-0.1, -0.05) is 23.3 Å². The zero-order valence-corrected chi connectivity index (χ0v) is 8.11. The first-order valence-corrected chi connectivity index (χ1v) is 4.39. The normalized spacial score (nSPS) is 10.1. The van der Waals surface area contributed by atoms with Crippen LogP contribution in [-0.4, -0.2) is 10.4 Å². The molecular weight excluding hydrogens is 178 g/mol. The molecule has 0 fully saturated rings. The van der Waals surface area contributed by atoms with Crippen molar-refractivity contribution in [3.63, 3.8) is 0 Å². The van der Waals surface area contributed by atoms with Crippen LogP contribution in [0, 0.1) is 13.8 Å². The molecule has 0 saturated heterocycles. The minimum Gasteiger partial charge on any atom is -0.340 e. The molecule has 0 aliphatic heterocycles. The Morgan fingerprint density at radius 3 is 2.64 bits per heavy atom. The smallest absolute Gasteiger partial charge is 0.197 e. The summed E-state index contributed by atoms with van der Waals surface area (Å²) in [6, 6.07) is 7.99. The van der Waals surface area contributed by atoms with Crippen molar-refractivity contribution in [3.05, 3.63) is 35.6 Å². The molecule has 0 aliphatic carbocycles. The van der Waals surface area contributed by atoms with Crippen molar-refractivity contribution in [2.75, 3.05) is 5.32 Å². The quantitative estimate of drug-likeness (QED) is 0.788. The molecule has 0 atom stereocenters. The lowest BCUT2D eigenvalue weighted by Gasteiger charge is -2.05. The molecule has 1 N–H and O–H groups in total. The molecule has 1 aromatic carbocycles. The number of hydrogen-bond acceptors (Lipinski definition) is 4. The molecule has 2 rings (SSSR count). The summed E-state index contributed by atoms with van der Waals surface area (Å²) in [7, 11) is 0. The van der Waals surface area contributed by atoms with Gasteiger partial charge in [0.1, 0.15) is 0 Å². The van der Waals surface area contributed by atoms with Crippen LogP contribution in [-0.2, 0) is 0 Å². The topological polar surface area (TPSA) is 51.0 Å². The van der Waals surface area contributed by atoms with Crippen LogP contribution in [0.4, 0.5) is 11.5 Å². The van der Waals surface area contributed by atoms with E-state index in [1.165, 1.54) is 0 Å². The lowest BCUT2D eigenvalue weighted by atomic mass is 10.2. The van der Waals surface area contributed by atoms with E-state index in [1.807, 2.05) is 38.1 Å². The molecule has 1 heterocycles. The fraction of sp³-hybridized carbons (Fsp3) is 0.200. The van der Waals surface area contributed by atoms with Crippen LogP contribution in [0.2, 0.25) is 0 Å². The number of para-hydroxylation sites is 1. The van der Waals surface area contributed by atoms with E-state index >= 15 is 0 Å². The summed E-state index contributed by atoms with van der Waals surface area (Å²) in [5.74, 6) is 1.35. The van der Waals surface area contributed by atoms with E-state index in [1.54, 1.807) is 0 Å². The second kappa shape index (κ2) is 3.49. The van der Waals surface area contributed by atoms with Crippen molar-refractivity contribution >= 4 is 11.5 Å².